The molecule has 1 aromatic carbocycles. The lowest BCUT2D eigenvalue weighted by Gasteiger charge is -2.16. The first-order valence-electron chi connectivity index (χ1n) is 6.57. The van der Waals surface area contributed by atoms with E-state index < -0.39 is 0 Å². The van der Waals surface area contributed by atoms with E-state index >= 15 is 0 Å². The van der Waals surface area contributed by atoms with Gasteiger partial charge in [0, 0.05) is 35.3 Å². The van der Waals surface area contributed by atoms with E-state index in [1.165, 1.54) is 5.56 Å². The summed E-state index contributed by atoms with van der Waals surface area (Å²) in [5.41, 5.74) is 2.42. The quantitative estimate of drug-likeness (QED) is 0.780. The van der Waals surface area contributed by atoms with Crippen LogP contribution in [-0.2, 0) is 6.42 Å². The second-order valence-corrected chi connectivity index (χ2v) is 6.14. The van der Waals surface area contributed by atoms with Gasteiger partial charge in [-0.15, -0.1) is 11.3 Å². The van der Waals surface area contributed by atoms with Gasteiger partial charge in [0.1, 0.15) is 0 Å². The molecule has 0 aliphatic heterocycles. The van der Waals surface area contributed by atoms with Crippen LogP contribution in [0.25, 0.3) is 4.96 Å². The smallest absolute Gasteiger partial charge is 0.193 e. The molecule has 20 heavy (non-hydrogen) atoms. The molecule has 1 N–H and O–H groups in total. The molecule has 3 aromatic rings. The zero-order valence-corrected chi connectivity index (χ0v) is 12.8. The molecule has 3 rings (SSSR count). The summed E-state index contributed by atoms with van der Waals surface area (Å²) in [7, 11) is 1.98. The molecular weight excluding hydrogens is 290 g/mol. The SMILES string of the molecule is CNCC(Cc1cn2ccsc2n1)c1ccc(Cl)cc1. The first kappa shape index (κ1) is 13.6. The second kappa shape index (κ2) is 5.95. The number of hydrogen-bond acceptors (Lipinski definition) is 3. The minimum Gasteiger partial charge on any atom is -0.319 e. The molecule has 0 aliphatic carbocycles. The summed E-state index contributed by atoms with van der Waals surface area (Å²) in [6.07, 6.45) is 5.09. The Kier molecular flexibility index (Phi) is 4.05. The number of likely N-dealkylation sites (N-methyl/N-ethyl adjacent to an activating group) is 1. The maximum Gasteiger partial charge on any atom is 0.193 e. The van der Waals surface area contributed by atoms with Crippen molar-refractivity contribution in [3.8, 4) is 0 Å². The molecule has 1 unspecified atom stereocenters. The third kappa shape index (κ3) is 2.87. The topological polar surface area (TPSA) is 29.3 Å². The van der Waals surface area contributed by atoms with Crippen molar-refractivity contribution in [1.82, 2.24) is 14.7 Å². The van der Waals surface area contributed by atoms with Crippen LogP contribution in [0.5, 0.6) is 0 Å². The van der Waals surface area contributed by atoms with Crippen molar-refractivity contribution in [1.29, 1.82) is 0 Å². The third-order valence-electron chi connectivity index (χ3n) is 3.39. The summed E-state index contributed by atoms with van der Waals surface area (Å²) in [5.74, 6) is 0.405. The summed E-state index contributed by atoms with van der Waals surface area (Å²) >= 11 is 7.63. The highest BCUT2D eigenvalue weighted by Gasteiger charge is 2.14. The number of aromatic nitrogens is 2. The van der Waals surface area contributed by atoms with Crippen LogP contribution in [0.2, 0.25) is 5.02 Å². The van der Waals surface area contributed by atoms with E-state index in [1.807, 2.05) is 25.4 Å². The average molecular weight is 306 g/mol. The Balaban J connectivity index is 1.83. The van der Waals surface area contributed by atoms with Crippen molar-refractivity contribution in [3.63, 3.8) is 0 Å². The Labute approximate surface area is 127 Å². The van der Waals surface area contributed by atoms with Crippen molar-refractivity contribution >= 4 is 27.9 Å². The van der Waals surface area contributed by atoms with Gasteiger partial charge in [0.15, 0.2) is 4.96 Å². The van der Waals surface area contributed by atoms with Gasteiger partial charge in [0.2, 0.25) is 0 Å². The third-order valence-corrected chi connectivity index (χ3v) is 4.41. The number of nitrogens with one attached hydrogen (secondary N) is 1. The Hall–Kier alpha value is -1.36. The largest absolute Gasteiger partial charge is 0.319 e. The monoisotopic (exact) mass is 305 g/mol. The number of rotatable bonds is 5. The van der Waals surface area contributed by atoms with Gasteiger partial charge >= 0.3 is 0 Å². The van der Waals surface area contributed by atoms with Gasteiger partial charge in [-0.3, -0.25) is 4.40 Å². The maximum atomic E-state index is 5.96. The maximum absolute atomic E-state index is 5.96. The van der Waals surface area contributed by atoms with Gasteiger partial charge in [-0.05, 0) is 31.2 Å². The van der Waals surface area contributed by atoms with Crippen molar-refractivity contribution in [2.75, 3.05) is 13.6 Å². The van der Waals surface area contributed by atoms with Crippen LogP contribution < -0.4 is 5.32 Å². The molecule has 0 saturated heterocycles. The Morgan fingerprint density at radius 1 is 1.35 bits per heavy atom. The summed E-state index contributed by atoms with van der Waals surface area (Å²) < 4.78 is 2.08. The molecule has 0 aliphatic rings. The molecule has 1 atom stereocenters. The predicted octanol–water partition coefficient (Wildman–Crippen LogP) is 3.59. The normalized spacial score (nSPS) is 12.9. The van der Waals surface area contributed by atoms with Crippen LogP contribution in [-0.4, -0.2) is 23.0 Å². The summed E-state index contributed by atoms with van der Waals surface area (Å²) in [5, 5.41) is 6.09. The molecule has 104 valence electrons. The Bertz CT molecular complexity index is 658. The fourth-order valence-electron chi connectivity index (χ4n) is 2.42. The fraction of sp³-hybridized carbons (Fsp3) is 0.267. The van der Waals surface area contributed by atoms with Gasteiger partial charge in [-0.25, -0.2) is 4.98 Å². The average Bonchev–Trinajstić information content (AvgIpc) is 3.00. The van der Waals surface area contributed by atoms with Crippen molar-refractivity contribution in [2.24, 2.45) is 0 Å². The van der Waals surface area contributed by atoms with Gasteiger partial charge in [-0.2, -0.15) is 0 Å². The van der Waals surface area contributed by atoms with Gasteiger partial charge < -0.3 is 5.32 Å². The van der Waals surface area contributed by atoms with Crippen LogP contribution in [0.4, 0.5) is 0 Å². The number of halogens is 1. The molecule has 2 heterocycles. The standard InChI is InChI=1S/C15H16ClN3S/c1-17-9-12(11-2-4-13(16)5-3-11)8-14-10-19-6-7-20-15(19)18-14/h2-7,10,12,17H,8-9H2,1H3. The molecule has 0 saturated carbocycles. The minimum absolute atomic E-state index is 0.405. The highest BCUT2D eigenvalue weighted by atomic mass is 35.5. The molecule has 2 aromatic heterocycles. The van der Waals surface area contributed by atoms with Crippen molar-refractivity contribution in [2.45, 2.75) is 12.3 Å². The lowest BCUT2D eigenvalue weighted by molar-refractivity contribution is 0.620. The fourth-order valence-corrected chi connectivity index (χ4v) is 3.26. The summed E-state index contributed by atoms with van der Waals surface area (Å²) in [6, 6.07) is 8.10. The molecular formula is C15H16ClN3S. The molecule has 0 amide bonds. The zero-order valence-electron chi connectivity index (χ0n) is 11.2. The van der Waals surface area contributed by atoms with Gasteiger partial charge in [-0.1, -0.05) is 23.7 Å². The number of nitrogens with zero attached hydrogens (tertiary/aromatic N) is 2. The zero-order chi connectivity index (χ0) is 13.9. The first-order chi connectivity index (χ1) is 9.76. The molecule has 3 nitrogen and oxygen atoms in total. The number of benzene rings is 1. The summed E-state index contributed by atoms with van der Waals surface area (Å²) in [4.78, 5) is 5.72. The molecule has 5 heteroatoms. The van der Waals surface area contributed by atoms with Crippen LogP contribution in [0.3, 0.4) is 0 Å². The highest BCUT2D eigenvalue weighted by molar-refractivity contribution is 7.15. The number of hydrogen-bond donors (Lipinski definition) is 1. The molecule has 0 radical (unpaired) electrons. The molecule has 0 spiro atoms. The first-order valence-corrected chi connectivity index (χ1v) is 7.83. The van der Waals surface area contributed by atoms with Crippen LogP contribution in [0.15, 0.2) is 42.0 Å². The van der Waals surface area contributed by atoms with Crippen LogP contribution >= 0.6 is 22.9 Å². The van der Waals surface area contributed by atoms with Crippen molar-refractivity contribution in [3.05, 3.63) is 58.3 Å². The van der Waals surface area contributed by atoms with Crippen LogP contribution in [0, 0.1) is 0 Å². The van der Waals surface area contributed by atoms with E-state index in [-0.39, 0.29) is 0 Å². The van der Waals surface area contributed by atoms with E-state index in [2.05, 4.69) is 38.4 Å². The van der Waals surface area contributed by atoms with E-state index in [1.54, 1.807) is 11.3 Å². The molecule has 0 fully saturated rings. The lowest BCUT2D eigenvalue weighted by Crippen LogP contribution is -2.19. The number of thiazole rings is 1. The minimum atomic E-state index is 0.405. The van der Waals surface area contributed by atoms with Gasteiger partial charge in [0.25, 0.3) is 0 Å². The Morgan fingerprint density at radius 3 is 2.85 bits per heavy atom. The summed E-state index contributed by atoms with van der Waals surface area (Å²) in [6.45, 7) is 0.923. The van der Waals surface area contributed by atoms with E-state index in [4.69, 9.17) is 11.6 Å². The predicted molar refractivity (Wildman–Crippen MR) is 84.9 cm³/mol. The Morgan fingerprint density at radius 2 is 2.15 bits per heavy atom. The van der Waals surface area contributed by atoms with Crippen LogP contribution in [0.1, 0.15) is 17.2 Å². The lowest BCUT2D eigenvalue weighted by atomic mass is 9.94. The van der Waals surface area contributed by atoms with Gasteiger partial charge in [0.05, 0.1) is 5.69 Å². The molecule has 0 bridgehead atoms. The van der Waals surface area contributed by atoms with E-state index in [0.29, 0.717) is 5.92 Å². The van der Waals surface area contributed by atoms with E-state index in [9.17, 15) is 0 Å². The van der Waals surface area contributed by atoms with Crippen molar-refractivity contribution < 1.29 is 0 Å². The number of imidazole rings is 1. The highest BCUT2D eigenvalue weighted by Crippen LogP contribution is 2.23. The van der Waals surface area contributed by atoms with E-state index in [0.717, 1.165) is 28.6 Å². The number of fused-ring (bicyclic) bond motifs is 1. The second-order valence-electron chi connectivity index (χ2n) is 4.84.